The molecule has 0 radical (unpaired) electrons. The molecule has 0 aliphatic carbocycles. The molecule has 0 N–H and O–H groups in total. The number of ether oxygens (including phenoxy) is 1. The zero-order valence-electron chi connectivity index (χ0n) is 9.07. The molecule has 0 unspecified atom stereocenters. The molecule has 0 heterocycles. The monoisotopic (exact) mass is 248 g/mol. The van der Waals surface area contributed by atoms with Gasteiger partial charge in [-0.25, -0.2) is 4.79 Å². The van der Waals surface area contributed by atoms with E-state index in [0.29, 0.717) is 11.1 Å². The van der Waals surface area contributed by atoms with Crippen LogP contribution in [0.5, 0.6) is 0 Å². The summed E-state index contributed by atoms with van der Waals surface area (Å²) in [4.78, 5) is 22.4. The van der Waals surface area contributed by atoms with Gasteiger partial charge in [0.2, 0.25) is 0 Å². The van der Waals surface area contributed by atoms with E-state index in [-0.39, 0.29) is 0 Å². The normalized spacial score (nSPS) is 10.2. The van der Waals surface area contributed by atoms with Gasteiger partial charge in [-0.1, -0.05) is 12.1 Å². The third-order valence-corrected chi connectivity index (χ3v) is 2.71. The van der Waals surface area contributed by atoms with Crippen molar-refractivity contribution in [1.29, 1.82) is 0 Å². The van der Waals surface area contributed by atoms with Gasteiger partial charge in [-0.3, -0.25) is 4.79 Å². The van der Waals surface area contributed by atoms with Crippen molar-refractivity contribution in [3.05, 3.63) is 47.5 Å². The molecule has 17 heavy (non-hydrogen) atoms. The molecule has 0 atom stereocenters. The molecule has 2 aromatic carbocycles. The number of carbonyl (C=O) groups is 2. The number of esters is 1. The molecule has 2 aromatic rings. The second kappa shape index (κ2) is 4.55. The molecule has 2 rings (SSSR count). The topological polar surface area (TPSA) is 43.4 Å². The number of benzene rings is 2. The van der Waals surface area contributed by atoms with Crippen molar-refractivity contribution in [3.63, 3.8) is 0 Å². The molecule has 0 bridgehead atoms. The standard InChI is InChI=1S/C13H9ClO3/c1-17-13(16)10-5-3-8-2-4-9(12(14)15)6-11(8)7-10/h2-7H,1H3. The van der Waals surface area contributed by atoms with Gasteiger partial charge in [-0.05, 0) is 46.6 Å². The molecule has 3 nitrogen and oxygen atoms in total. The summed E-state index contributed by atoms with van der Waals surface area (Å²) in [6, 6.07) is 10.2. The number of hydrogen-bond acceptors (Lipinski definition) is 3. The van der Waals surface area contributed by atoms with Crippen LogP contribution in [0, 0.1) is 0 Å². The maximum Gasteiger partial charge on any atom is 0.337 e. The van der Waals surface area contributed by atoms with Crippen LogP contribution in [0.3, 0.4) is 0 Å². The van der Waals surface area contributed by atoms with E-state index in [1.165, 1.54) is 7.11 Å². The number of fused-ring (bicyclic) bond motifs is 1. The number of hydrogen-bond donors (Lipinski definition) is 0. The number of halogens is 1. The molecule has 0 amide bonds. The summed E-state index contributed by atoms with van der Waals surface area (Å²) in [6.45, 7) is 0. The van der Waals surface area contributed by atoms with Crippen LogP contribution in [-0.2, 0) is 4.74 Å². The second-order valence-electron chi connectivity index (χ2n) is 3.54. The molecule has 0 fully saturated rings. The van der Waals surface area contributed by atoms with E-state index in [0.717, 1.165) is 10.8 Å². The first-order valence-electron chi connectivity index (χ1n) is 4.94. The van der Waals surface area contributed by atoms with Gasteiger partial charge in [0.25, 0.3) is 5.24 Å². The molecular formula is C13H9ClO3. The van der Waals surface area contributed by atoms with E-state index in [2.05, 4.69) is 4.74 Å². The van der Waals surface area contributed by atoms with E-state index in [9.17, 15) is 9.59 Å². The lowest BCUT2D eigenvalue weighted by atomic mass is 10.0. The third kappa shape index (κ3) is 2.29. The van der Waals surface area contributed by atoms with Crippen molar-refractivity contribution in [2.45, 2.75) is 0 Å². The molecule has 0 aliphatic rings. The molecule has 0 aliphatic heterocycles. The number of carbonyl (C=O) groups excluding carboxylic acids is 2. The molecule has 86 valence electrons. The van der Waals surface area contributed by atoms with Crippen LogP contribution in [0.4, 0.5) is 0 Å². The minimum Gasteiger partial charge on any atom is -0.465 e. The first-order chi connectivity index (χ1) is 8.11. The van der Waals surface area contributed by atoms with Crippen molar-refractivity contribution >= 4 is 33.6 Å². The molecule has 0 aromatic heterocycles. The average Bonchev–Trinajstić information content (AvgIpc) is 2.36. The fourth-order valence-electron chi connectivity index (χ4n) is 1.61. The summed E-state index contributed by atoms with van der Waals surface area (Å²) >= 11 is 5.40. The lowest BCUT2D eigenvalue weighted by Crippen LogP contribution is -2.00. The van der Waals surface area contributed by atoms with Crippen LogP contribution in [0.2, 0.25) is 0 Å². The van der Waals surface area contributed by atoms with Crippen LogP contribution < -0.4 is 0 Å². The first kappa shape index (κ1) is 11.6. The van der Waals surface area contributed by atoms with E-state index in [1.807, 2.05) is 0 Å². The summed E-state index contributed by atoms with van der Waals surface area (Å²) in [5.41, 5.74) is 0.848. The molecule has 0 saturated heterocycles. The largest absolute Gasteiger partial charge is 0.465 e. The molecule has 0 spiro atoms. The Labute approximate surface area is 103 Å². The summed E-state index contributed by atoms with van der Waals surface area (Å²) in [6.07, 6.45) is 0. The number of methoxy groups -OCH3 is 1. The minimum absolute atomic E-state index is 0.404. The fraction of sp³-hybridized carbons (Fsp3) is 0.0769. The Bertz CT molecular complexity index is 605. The Hall–Kier alpha value is -1.87. The minimum atomic E-state index is -0.518. The van der Waals surface area contributed by atoms with E-state index < -0.39 is 11.2 Å². The summed E-state index contributed by atoms with van der Waals surface area (Å²) in [5.74, 6) is -0.408. The van der Waals surface area contributed by atoms with Crippen LogP contribution in [0.25, 0.3) is 10.8 Å². The van der Waals surface area contributed by atoms with Crippen LogP contribution in [0.1, 0.15) is 20.7 Å². The quantitative estimate of drug-likeness (QED) is 0.606. The van der Waals surface area contributed by atoms with E-state index in [1.54, 1.807) is 36.4 Å². The highest BCUT2D eigenvalue weighted by Gasteiger charge is 2.07. The van der Waals surface area contributed by atoms with Crippen LogP contribution in [0.15, 0.2) is 36.4 Å². The Morgan fingerprint density at radius 3 is 2.18 bits per heavy atom. The van der Waals surface area contributed by atoms with Crippen molar-refractivity contribution < 1.29 is 14.3 Å². The SMILES string of the molecule is COC(=O)c1ccc2ccc(C(=O)Cl)cc2c1. The maximum atomic E-state index is 11.4. The Morgan fingerprint density at radius 1 is 1.00 bits per heavy atom. The zero-order chi connectivity index (χ0) is 12.4. The highest BCUT2D eigenvalue weighted by molar-refractivity contribution is 6.67. The third-order valence-electron chi connectivity index (χ3n) is 2.49. The predicted molar refractivity (Wildman–Crippen MR) is 65.5 cm³/mol. The zero-order valence-corrected chi connectivity index (χ0v) is 9.82. The first-order valence-corrected chi connectivity index (χ1v) is 5.31. The van der Waals surface area contributed by atoms with Gasteiger partial charge in [-0.15, -0.1) is 0 Å². The average molecular weight is 249 g/mol. The van der Waals surface area contributed by atoms with Gasteiger partial charge >= 0.3 is 5.97 Å². The second-order valence-corrected chi connectivity index (χ2v) is 3.89. The molecular weight excluding hydrogens is 240 g/mol. The van der Waals surface area contributed by atoms with Gasteiger partial charge in [0.1, 0.15) is 0 Å². The Kier molecular flexibility index (Phi) is 3.11. The van der Waals surface area contributed by atoms with Crippen molar-refractivity contribution in [2.24, 2.45) is 0 Å². The molecule has 0 saturated carbocycles. The van der Waals surface area contributed by atoms with Gasteiger partial charge < -0.3 is 4.74 Å². The highest BCUT2D eigenvalue weighted by atomic mass is 35.5. The number of rotatable bonds is 2. The Morgan fingerprint density at radius 2 is 1.59 bits per heavy atom. The van der Waals surface area contributed by atoms with Crippen molar-refractivity contribution in [3.8, 4) is 0 Å². The lowest BCUT2D eigenvalue weighted by molar-refractivity contribution is 0.0601. The highest BCUT2D eigenvalue weighted by Crippen LogP contribution is 2.19. The smallest absolute Gasteiger partial charge is 0.337 e. The van der Waals surface area contributed by atoms with Crippen LogP contribution in [-0.4, -0.2) is 18.3 Å². The van der Waals surface area contributed by atoms with Gasteiger partial charge in [-0.2, -0.15) is 0 Å². The summed E-state index contributed by atoms with van der Waals surface area (Å²) in [5, 5.41) is 1.19. The lowest BCUT2D eigenvalue weighted by Gasteiger charge is -2.03. The van der Waals surface area contributed by atoms with Crippen molar-refractivity contribution in [2.75, 3.05) is 7.11 Å². The summed E-state index contributed by atoms with van der Waals surface area (Å²) < 4.78 is 4.63. The molecule has 4 heteroatoms. The van der Waals surface area contributed by atoms with Crippen LogP contribution >= 0.6 is 11.6 Å². The fourth-order valence-corrected chi connectivity index (χ4v) is 1.73. The Balaban J connectivity index is 2.58. The van der Waals surface area contributed by atoms with Gasteiger partial charge in [0, 0.05) is 5.56 Å². The maximum absolute atomic E-state index is 11.4. The van der Waals surface area contributed by atoms with Gasteiger partial charge in [0.15, 0.2) is 0 Å². The van der Waals surface area contributed by atoms with E-state index >= 15 is 0 Å². The summed E-state index contributed by atoms with van der Waals surface area (Å²) in [7, 11) is 1.32. The predicted octanol–water partition coefficient (Wildman–Crippen LogP) is 3.01. The van der Waals surface area contributed by atoms with E-state index in [4.69, 9.17) is 11.6 Å². The van der Waals surface area contributed by atoms with Gasteiger partial charge in [0.05, 0.1) is 12.7 Å². The van der Waals surface area contributed by atoms with Crippen molar-refractivity contribution in [1.82, 2.24) is 0 Å².